The van der Waals surface area contributed by atoms with Crippen LogP contribution in [0.1, 0.15) is 32.5 Å². The van der Waals surface area contributed by atoms with Crippen molar-refractivity contribution < 1.29 is 4.39 Å². The van der Waals surface area contributed by atoms with Crippen LogP contribution >= 0.6 is 0 Å². The molecular weight excluding hydrogens is 203 g/mol. The van der Waals surface area contributed by atoms with Crippen LogP contribution < -0.4 is 5.32 Å². The smallest absolute Gasteiger partial charge is 0.123 e. The topological polar surface area (TPSA) is 15.3 Å². The van der Waals surface area contributed by atoms with E-state index in [2.05, 4.69) is 31.0 Å². The number of benzene rings is 1. The van der Waals surface area contributed by atoms with Crippen LogP contribution in [0, 0.1) is 5.82 Å². The van der Waals surface area contributed by atoms with Crippen LogP contribution in [-0.2, 0) is 0 Å². The summed E-state index contributed by atoms with van der Waals surface area (Å²) in [6, 6.07) is 6.76. The maximum atomic E-state index is 12.9. The van der Waals surface area contributed by atoms with Crippen LogP contribution in [0.2, 0.25) is 0 Å². The number of hydrogen-bond donors (Lipinski definition) is 1. The first-order valence-electron chi connectivity index (χ1n) is 5.74. The molecule has 1 N–H and O–H groups in total. The summed E-state index contributed by atoms with van der Waals surface area (Å²) >= 11 is 0. The summed E-state index contributed by atoms with van der Waals surface area (Å²) < 4.78 is 12.9. The third kappa shape index (κ3) is 2.25. The molecule has 0 saturated carbocycles. The van der Waals surface area contributed by atoms with E-state index in [1.807, 2.05) is 12.1 Å². The Morgan fingerprint density at radius 3 is 2.44 bits per heavy atom. The zero-order valence-corrected chi connectivity index (χ0v) is 10.1. The molecule has 1 aliphatic rings. The fraction of sp³-hybridized carbons (Fsp3) is 0.538. The Hall–Kier alpha value is -0.930. The molecule has 1 aromatic carbocycles. The van der Waals surface area contributed by atoms with Crippen LogP contribution in [-0.4, -0.2) is 23.5 Å². The highest BCUT2D eigenvalue weighted by Crippen LogP contribution is 2.28. The van der Waals surface area contributed by atoms with Gasteiger partial charge in [-0.15, -0.1) is 0 Å². The first-order chi connectivity index (χ1) is 7.48. The second-order valence-electron chi connectivity index (χ2n) is 5.27. The Bertz CT molecular complexity index is 353. The van der Waals surface area contributed by atoms with Gasteiger partial charge in [0.15, 0.2) is 0 Å². The van der Waals surface area contributed by atoms with Crippen molar-refractivity contribution >= 4 is 0 Å². The van der Waals surface area contributed by atoms with Crippen LogP contribution in [0.5, 0.6) is 0 Å². The highest BCUT2D eigenvalue weighted by atomic mass is 19.1. The van der Waals surface area contributed by atoms with Gasteiger partial charge in [0.05, 0.1) is 6.17 Å². The van der Waals surface area contributed by atoms with E-state index in [4.69, 9.17) is 0 Å². The highest BCUT2D eigenvalue weighted by molar-refractivity contribution is 5.21. The zero-order valence-electron chi connectivity index (χ0n) is 10.1. The van der Waals surface area contributed by atoms with Gasteiger partial charge in [-0.3, -0.25) is 10.2 Å². The molecule has 0 amide bonds. The normalized spacial score (nSPS) is 22.6. The molecule has 0 aliphatic carbocycles. The lowest BCUT2D eigenvalue weighted by molar-refractivity contribution is 0.115. The summed E-state index contributed by atoms with van der Waals surface area (Å²) in [5, 5.41) is 3.45. The summed E-state index contributed by atoms with van der Waals surface area (Å²) in [6.45, 7) is 8.63. The van der Waals surface area contributed by atoms with Gasteiger partial charge in [-0.1, -0.05) is 12.1 Å². The third-order valence-corrected chi connectivity index (χ3v) is 3.05. The summed E-state index contributed by atoms with van der Waals surface area (Å²) in [4.78, 5) is 2.40. The largest absolute Gasteiger partial charge is 0.297 e. The minimum absolute atomic E-state index is 0.128. The lowest BCUT2D eigenvalue weighted by Gasteiger charge is -2.36. The van der Waals surface area contributed by atoms with Crippen molar-refractivity contribution in [2.75, 3.05) is 13.1 Å². The molecule has 0 aromatic heterocycles. The van der Waals surface area contributed by atoms with E-state index in [0.29, 0.717) is 0 Å². The molecular formula is C13H19FN2. The molecule has 1 heterocycles. The molecule has 0 radical (unpaired) electrons. The maximum absolute atomic E-state index is 12.9. The number of rotatable bonds is 1. The molecule has 88 valence electrons. The van der Waals surface area contributed by atoms with Gasteiger partial charge in [0.1, 0.15) is 5.82 Å². The molecule has 2 rings (SSSR count). The van der Waals surface area contributed by atoms with E-state index in [9.17, 15) is 4.39 Å². The van der Waals surface area contributed by atoms with Crippen LogP contribution in [0.3, 0.4) is 0 Å². The fourth-order valence-electron chi connectivity index (χ4n) is 2.23. The molecule has 1 aromatic rings. The standard InChI is InChI=1S/C13H19FN2/c1-13(2,3)16-9-8-15-12(16)10-4-6-11(14)7-5-10/h4-7,12,15H,8-9H2,1-3H3. The van der Waals surface area contributed by atoms with Crippen LogP contribution in [0.25, 0.3) is 0 Å². The van der Waals surface area contributed by atoms with Crippen molar-refractivity contribution in [2.24, 2.45) is 0 Å². The Labute approximate surface area is 96.5 Å². The van der Waals surface area contributed by atoms with E-state index in [1.165, 1.54) is 12.1 Å². The molecule has 2 nitrogen and oxygen atoms in total. The van der Waals surface area contributed by atoms with E-state index < -0.39 is 0 Å². The average Bonchev–Trinajstić information content (AvgIpc) is 2.66. The lowest BCUT2D eigenvalue weighted by Crippen LogP contribution is -2.42. The molecule has 16 heavy (non-hydrogen) atoms. The molecule has 1 saturated heterocycles. The second kappa shape index (κ2) is 4.15. The first-order valence-corrected chi connectivity index (χ1v) is 5.74. The van der Waals surface area contributed by atoms with E-state index >= 15 is 0 Å². The van der Waals surface area contributed by atoms with Crippen molar-refractivity contribution in [3.8, 4) is 0 Å². The SMILES string of the molecule is CC(C)(C)N1CCNC1c1ccc(F)cc1. The summed E-state index contributed by atoms with van der Waals surface area (Å²) in [7, 11) is 0. The Balaban J connectivity index is 2.23. The Morgan fingerprint density at radius 2 is 1.88 bits per heavy atom. The quantitative estimate of drug-likeness (QED) is 0.785. The highest BCUT2D eigenvalue weighted by Gasteiger charge is 2.33. The Kier molecular flexibility index (Phi) is 3.00. The summed E-state index contributed by atoms with van der Waals surface area (Å²) in [5.41, 5.74) is 1.26. The van der Waals surface area contributed by atoms with Crippen molar-refractivity contribution in [1.82, 2.24) is 10.2 Å². The van der Waals surface area contributed by atoms with Crippen LogP contribution in [0.15, 0.2) is 24.3 Å². The van der Waals surface area contributed by atoms with E-state index in [-0.39, 0.29) is 17.5 Å². The second-order valence-corrected chi connectivity index (χ2v) is 5.27. The number of nitrogens with zero attached hydrogens (tertiary/aromatic N) is 1. The molecule has 1 aliphatic heterocycles. The fourth-order valence-corrected chi connectivity index (χ4v) is 2.23. The van der Waals surface area contributed by atoms with Crippen molar-refractivity contribution in [2.45, 2.75) is 32.5 Å². The molecule has 1 unspecified atom stereocenters. The molecule has 0 spiro atoms. The predicted octanol–water partition coefficient (Wildman–Crippen LogP) is 2.53. The minimum Gasteiger partial charge on any atom is -0.297 e. The predicted molar refractivity (Wildman–Crippen MR) is 63.6 cm³/mol. The molecule has 1 atom stereocenters. The number of nitrogens with one attached hydrogen (secondary N) is 1. The van der Waals surface area contributed by atoms with E-state index in [1.54, 1.807) is 0 Å². The molecule has 1 fully saturated rings. The van der Waals surface area contributed by atoms with Gasteiger partial charge in [0.2, 0.25) is 0 Å². The summed E-state index contributed by atoms with van der Waals surface area (Å²) in [5.74, 6) is -0.177. The van der Waals surface area contributed by atoms with Gasteiger partial charge in [-0.25, -0.2) is 4.39 Å². The monoisotopic (exact) mass is 222 g/mol. The lowest BCUT2D eigenvalue weighted by atomic mass is 10.0. The van der Waals surface area contributed by atoms with Crippen LogP contribution in [0.4, 0.5) is 4.39 Å². The van der Waals surface area contributed by atoms with Crippen molar-refractivity contribution in [1.29, 1.82) is 0 Å². The van der Waals surface area contributed by atoms with Crippen molar-refractivity contribution in [3.63, 3.8) is 0 Å². The number of hydrogen-bond acceptors (Lipinski definition) is 2. The third-order valence-electron chi connectivity index (χ3n) is 3.05. The average molecular weight is 222 g/mol. The minimum atomic E-state index is -0.177. The first kappa shape index (κ1) is 11.6. The van der Waals surface area contributed by atoms with Gasteiger partial charge < -0.3 is 0 Å². The van der Waals surface area contributed by atoms with Gasteiger partial charge in [-0.2, -0.15) is 0 Å². The van der Waals surface area contributed by atoms with Gasteiger partial charge in [-0.05, 0) is 38.5 Å². The molecule has 3 heteroatoms. The maximum Gasteiger partial charge on any atom is 0.123 e. The number of halogens is 1. The molecule has 0 bridgehead atoms. The van der Waals surface area contributed by atoms with Gasteiger partial charge in [0.25, 0.3) is 0 Å². The van der Waals surface area contributed by atoms with Gasteiger partial charge >= 0.3 is 0 Å². The van der Waals surface area contributed by atoms with E-state index in [0.717, 1.165) is 18.7 Å². The Morgan fingerprint density at radius 1 is 1.25 bits per heavy atom. The zero-order chi connectivity index (χ0) is 11.8. The van der Waals surface area contributed by atoms with Gasteiger partial charge in [0, 0.05) is 18.6 Å². The summed E-state index contributed by atoms with van der Waals surface area (Å²) in [6.07, 6.45) is 0.209. The van der Waals surface area contributed by atoms with Crippen molar-refractivity contribution in [3.05, 3.63) is 35.6 Å².